The lowest BCUT2D eigenvalue weighted by Gasteiger charge is -2.14. The molecular weight excluding hydrogens is 321 g/mol. The van der Waals surface area contributed by atoms with Crippen LogP contribution in [0.2, 0.25) is 0 Å². The average Bonchev–Trinajstić information content (AvgIpc) is 3.11. The fourth-order valence-electron chi connectivity index (χ4n) is 2.71. The Morgan fingerprint density at radius 2 is 2.09 bits per heavy atom. The van der Waals surface area contributed by atoms with Crippen LogP contribution in [-0.2, 0) is 14.6 Å². The van der Waals surface area contributed by atoms with Gasteiger partial charge in [-0.1, -0.05) is 12.1 Å². The Morgan fingerprint density at radius 1 is 1.39 bits per heavy atom. The first-order valence-electron chi connectivity index (χ1n) is 7.33. The van der Waals surface area contributed by atoms with E-state index in [1.807, 2.05) is 0 Å². The number of halogens is 1. The highest BCUT2D eigenvalue weighted by Gasteiger charge is 2.47. The highest BCUT2D eigenvalue weighted by atomic mass is 32.2. The van der Waals surface area contributed by atoms with Gasteiger partial charge in [0.15, 0.2) is 9.84 Å². The monoisotopic (exact) mass is 337 g/mol. The van der Waals surface area contributed by atoms with Crippen LogP contribution in [0.4, 0.5) is 4.39 Å². The Morgan fingerprint density at radius 3 is 2.70 bits per heavy atom. The van der Waals surface area contributed by atoms with E-state index in [-0.39, 0.29) is 23.8 Å². The lowest BCUT2D eigenvalue weighted by atomic mass is 10.2. The van der Waals surface area contributed by atoms with Gasteiger partial charge in [0, 0.05) is 6.54 Å². The van der Waals surface area contributed by atoms with Crippen LogP contribution >= 0.6 is 0 Å². The van der Waals surface area contributed by atoms with E-state index in [1.54, 1.807) is 0 Å². The Kier molecular flexibility index (Phi) is 3.86. The first-order chi connectivity index (χ1) is 10.9. The largest absolute Gasteiger partial charge is 0.336 e. The van der Waals surface area contributed by atoms with Gasteiger partial charge in [0.1, 0.15) is 16.3 Å². The number of rotatable bonds is 4. The van der Waals surface area contributed by atoms with E-state index in [0.717, 1.165) is 6.07 Å². The van der Waals surface area contributed by atoms with Gasteiger partial charge in [0.2, 0.25) is 5.91 Å². The number of amides is 1. The second kappa shape index (κ2) is 5.58. The standard InChI is InChI=1S/C15H16FN3O3S/c16-11-3-1-2-4-13(11)23(21,22)10-7-12(18-8-10)14(20)19-15(9-17)5-6-15/h1-4,10,12,18H,5-8H2,(H,19,20). The summed E-state index contributed by atoms with van der Waals surface area (Å²) in [5.74, 6) is -1.17. The van der Waals surface area contributed by atoms with Crippen LogP contribution in [0.1, 0.15) is 19.3 Å². The van der Waals surface area contributed by atoms with Crippen molar-refractivity contribution in [3.63, 3.8) is 0 Å². The Bertz CT molecular complexity index is 783. The van der Waals surface area contributed by atoms with Gasteiger partial charge in [-0.15, -0.1) is 0 Å². The van der Waals surface area contributed by atoms with Gasteiger partial charge in [0.25, 0.3) is 0 Å². The number of nitriles is 1. The van der Waals surface area contributed by atoms with E-state index in [9.17, 15) is 17.6 Å². The molecule has 1 aromatic rings. The van der Waals surface area contributed by atoms with Gasteiger partial charge >= 0.3 is 0 Å². The maximum Gasteiger partial charge on any atom is 0.238 e. The summed E-state index contributed by atoms with van der Waals surface area (Å²) in [6, 6.07) is 6.59. The summed E-state index contributed by atoms with van der Waals surface area (Å²) in [5.41, 5.74) is -0.790. The van der Waals surface area contributed by atoms with Crippen molar-refractivity contribution in [1.82, 2.24) is 10.6 Å². The lowest BCUT2D eigenvalue weighted by Crippen LogP contribution is -2.45. The number of benzene rings is 1. The van der Waals surface area contributed by atoms with E-state index >= 15 is 0 Å². The minimum absolute atomic E-state index is 0.0595. The number of sulfone groups is 1. The zero-order valence-corrected chi connectivity index (χ0v) is 13.1. The van der Waals surface area contributed by atoms with E-state index in [0.29, 0.717) is 12.8 Å². The number of hydrogen-bond acceptors (Lipinski definition) is 5. The van der Waals surface area contributed by atoms with E-state index in [1.165, 1.54) is 18.2 Å². The van der Waals surface area contributed by atoms with Crippen LogP contribution in [0.5, 0.6) is 0 Å². The summed E-state index contributed by atoms with van der Waals surface area (Å²) in [6.07, 6.45) is 1.28. The van der Waals surface area contributed by atoms with Gasteiger partial charge < -0.3 is 10.6 Å². The van der Waals surface area contributed by atoms with Crippen LogP contribution in [0.15, 0.2) is 29.2 Å². The first kappa shape index (κ1) is 15.9. The minimum Gasteiger partial charge on any atom is -0.336 e. The third-order valence-corrected chi connectivity index (χ3v) is 6.50. The minimum atomic E-state index is -3.85. The van der Waals surface area contributed by atoms with Crippen LogP contribution < -0.4 is 10.6 Å². The fraction of sp³-hybridized carbons (Fsp3) is 0.467. The van der Waals surface area contributed by atoms with Crippen LogP contribution in [0.3, 0.4) is 0 Å². The van der Waals surface area contributed by atoms with E-state index in [4.69, 9.17) is 5.26 Å². The van der Waals surface area contributed by atoms with Crippen molar-refractivity contribution in [2.75, 3.05) is 6.54 Å². The van der Waals surface area contributed by atoms with Crippen molar-refractivity contribution in [3.05, 3.63) is 30.1 Å². The predicted molar refractivity (Wildman–Crippen MR) is 79.5 cm³/mol. The Balaban J connectivity index is 1.71. The molecule has 2 aliphatic rings. The molecule has 2 N–H and O–H groups in total. The maximum absolute atomic E-state index is 13.8. The van der Waals surface area contributed by atoms with Crippen LogP contribution in [-0.4, -0.2) is 37.7 Å². The quantitative estimate of drug-likeness (QED) is 0.834. The molecule has 0 radical (unpaired) electrons. The molecular formula is C15H16FN3O3S. The summed E-state index contributed by atoms with van der Waals surface area (Å²) in [5, 5.41) is 13.6. The molecule has 3 rings (SSSR count). The van der Waals surface area contributed by atoms with Gasteiger partial charge in [-0.2, -0.15) is 5.26 Å². The molecule has 1 amide bonds. The van der Waals surface area contributed by atoms with Gasteiger partial charge in [-0.25, -0.2) is 12.8 Å². The molecule has 1 heterocycles. The third kappa shape index (κ3) is 2.94. The average molecular weight is 337 g/mol. The molecule has 2 atom stereocenters. The van der Waals surface area contributed by atoms with E-state index < -0.39 is 32.5 Å². The molecule has 1 saturated heterocycles. The molecule has 8 heteroatoms. The normalized spacial score (nSPS) is 25.6. The molecule has 2 fully saturated rings. The summed E-state index contributed by atoms with van der Waals surface area (Å²) >= 11 is 0. The smallest absolute Gasteiger partial charge is 0.238 e. The number of nitrogens with zero attached hydrogens (tertiary/aromatic N) is 1. The number of nitrogens with one attached hydrogen (secondary N) is 2. The van der Waals surface area contributed by atoms with Crippen molar-refractivity contribution >= 4 is 15.7 Å². The Hall–Kier alpha value is -1.98. The fourth-order valence-corrected chi connectivity index (χ4v) is 4.44. The maximum atomic E-state index is 13.8. The summed E-state index contributed by atoms with van der Waals surface area (Å²) in [6.45, 7) is 0.0777. The second-order valence-corrected chi connectivity index (χ2v) is 8.17. The molecule has 1 aromatic carbocycles. The second-order valence-electron chi connectivity index (χ2n) is 5.98. The molecule has 122 valence electrons. The number of carbonyl (C=O) groups is 1. The predicted octanol–water partition coefficient (Wildman–Crippen LogP) is 0.502. The van der Waals surface area contributed by atoms with Crippen molar-refractivity contribution in [1.29, 1.82) is 5.26 Å². The van der Waals surface area contributed by atoms with Crippen molar-refractivity contribution in [3.8, 4) is 6.07 Å². The molecule has 1 aliphatic carbocycles. The number of carbonyl (C=O) groups excluding carboxylic acids is 1. The van der Waals surface area contributed by atoms with Gasteiger partial charge in [0.05, 0.1) is 17.4 Å². The molecule has 1 saturated carbocycles. The zero-order valence-electron chi connectivity index (χ0n) is 12.3. The van der Waals surface area contributed by atoms with Crippen molar-refractivity contribution < 1.29 is 17.6 Å². The molecule has 0 bridgehead atoms. The zero-order chi connectivity index (χ0) is 16.7. The van der Waals surface area contributed by atoms with Gasteiger partial charge in [-0.05, 0) is 31.4 Å². The number of hydrogen-bond donors (Lipinski definition) is 2. The molecule has 23 heavy (non-hydrogen) atoms. The SMILES string of the molecule is N#CC1(NC(=O)C2CC(S(=O)(=O)c3ccccc3F)CN2)CC1. The lowest BCUT2D eigenvalue weighted by molar-refractivity contribution is -0.123. The summed E-state index contributed by atoms with van der Waals surface area (Å²) in [4.78, 5) is 11.8. The first-order valence-corrected chi connectivity index (χ1v) is 8.88. The van der Waals surface area contributed by atoms with E-state index in [2.05, 4.69) is 16.7 Å². The third-order valence-electron chi connectivity index (χ3n) is 4.32. The van der Waals surface area contributed by atoms with Crippen molar-refractivity contribution in [2.24, 2.45) is 0 Å². The molecule has 2 unspecified atom stereocenters. The summed E-state index contributed by atoms with van der Waals surface area (Å²) < 4.78 is 38.8. The molecule has 1 aliphatic heterocycles. The molecule has 6 nitrogen and oxygen atoms in total. The van der Waals surface area contributed by atoms with Crippen molar-refractivity contribution in [2.45, 2.75) is 41.0 Å². The van der Waals surface area contributed by atoms with Gasteiger partial charge in [-0.3, -0.25) is 4.79 Å². The Labute approximate surface area is 133 Å². The highest BCUT2D eigenvalue weighted by Crippen LogP contribution is 2.34. The molecule has 0 spiro atoms. The van der Waals surface area contributed by atoms with Crippen LogP contribution in [0.25, 0.3) is 0 Å². The summed E-state index contributed by atoms with van der Waals surface area (Å²) in [7, 11) is -3.85. The molecule has 0 aromatic heterocycles. The van der Waals surface area contributed by atoms with Crippen LogP contribution in [0, 0.1) is 17.1 Å². The topological polar surface area (TPSA) is 99.1 Å². The highest BCUT2D eigenvalue weighted by molar-refractivity contribution is 7.92.